The van der Waals surface area contributed by atoms with E-state index in [4.69, 9.17) is 10.2 Å². The van der Waals surface area contributed by atoms with Gasteiger partial charge >= 0.3 is 11.9 Å². The Labute approximate surface area is 76.9 Å². The van der Waals surface area contributed by atoms with Crippen LogP contribution in [-0.4, -0.2) is 22.2 Å². The Bertz CT molecular complexity index is 208. The number of carboxylic acids is 2. The smallest absolute Gasteiger partial charge is 0.307 e. The average Bonchev–Trinajstić information content (AvgIpc) is 1.96. The minimum Gasteiger partial charge on any atom is -0.481 e. The van der Waals surface area contributed by atoms with Crippen LogP contribution < -0.4 is 0 Å². The molecule has 4 heteroatoms. The van der Waals surface area contributed by atoms with Crippen LogP contribution >= 0.6 is 0 Å². The predicted octanol–water partition coefficient (Wildman–Crippen LogP) is 1.66. The van der Waals surface area contributed by atoms with E-state index in [1.54, 1.807) is 0 Å². The van der Waals surface area contributed by atoms with Gasteiger partial charge < -0.3 is 10.2 Å². The van der Waals surface area contributed by atoms with Crippen molar-refractivity contribution in [3.05, 3.63) is 12.2 Å². The molecule has 0 amide bonds. The largest absolute Gasteiger partial charge is 0.481 e. The number of rotatable bonds is 7. The molecule has 0 bridgehead atoms. The third kappa shape index (κ3) is 8.59. The van der Waals surface area contributed by atoms with E-state index in [-0.39, 0.29) is 12.8 Å². The molecule has 13 heavy (non-hydrogen) atoms. The van der Waals surface area contributed by atoms with Gasteiger partial charge in [0.2, 0.25) is 0 Å². The zero-order valence-corrected chi connectivity index (χ0v) is 7.45. The summed E-state index contributed by atoms with van der Waals surface area (Å²) in [5, 5.41) is 16.7. The molecule has 74 valence electrons. The fraction of sp³-hybridized carbons (Fsp3) is 0.556. The van der Waals surface area contributed by atoms with Gasteiger partial charge in [0.1, 0.15) is 0 Å². The number of carbonyl (C=O) groups is 2. The Balaban J connectivity index is 3.37. The van der Waals surface area contributed by atoms with Crippen LogP contribution in [0.25, 0.3) is 0 Å². The van der Waals surface area contributed by atoms with Gasteiger partial charge in [0.15, 0.2) is 0 Å². The maximum Gasteiger partial charge on any atom is 0.307 e. The first-order valence-corrected chi connectivity index (χ1v) is 4.12. The van der Waals surface area contributed by atoms with Gasteiger partial charge in [-0.05, 0) is 19.3 Å². The molecule has 0 saturated heterocycles. The van der Waals surface area contributed by atoms with E-state index < -0.39 is 11.9 Å². The summed E-state index contributed by atoms with van der Waals surface area (Å²) >= 11 is 0. The summed E-state index contributed by atoms with van der Waals surface area (Å²) in [6.07, 6.45) is 1.99. The molecule has 0 atom stereocenters. The molecule has 0 radical (unpaired) electrons. The molecule has 0 aromatic heterocycles. The van der Waals surface area contributed by atoms with Crippen molar-refractivity contribution in [2.45, 2.75) is 32.1 Å². The van der Waals surface area contributed by atoms with Gasteiger partial charge in [-0.1, -0.05) is 12.2 Å². The third-order valence-electron chi connectivity index (χ3n) is 1.57. The second-order valence-corrected chi connectivity index (χ2v) is 2.92. The molecule has 0 aliphatic carbocycles. The fourth-order valence-electron chi connectivity index (χ4n) is 0.953. The zero-order chi connectivity index (χ0) is 10.3. The Hall–Kier alpha value is -1.32. The third-order valence-corrected chi connectivity index (χ3v) is 1.57. The van der Waals surface area contributed by atoms with Gasteiger partial charge in [0.05, 0.1) is 6.42 Å². The first-order chi connectivity index (χ1) is 6.02. The first kappa shape index (κ1) is 11.7. The van der Waals surface area contributed by atoms with E-state index in [2.05, 4.69) is 6.58 Å². The lowest BCUT2D eigenvalue weighted by Crippen LogP contribution is -1.97. The van der Waals surface area contributed by atoms with Crippen LogP contribution in [0.15, 0.2) is 12.2 Å². The zero-order valence-electron chi connectivity index (χ0n) is 7.45. The topological polar surface area (TPSA) is 74.6 Å². The summed E-state index contributed by atoms with van der Waals surface area (Å²) < 4.78 is 0. The Morgan fingerprint density at radius 3 is 2.00 bits per heavy atom. The van der Waals surface area contributed by atoms with Gasteiger partial charge in [-0.3, -0.25) is 9.59 Å². The van der Waals surface area contributed by atoms with Crippen LogP contribution in [0.3, 0.4) is 0 Å². The predicted molar refractivity (Wildman–Crippen MR) is 47.5 cm³/mol. The molecule has 0 aromatic rings. The summed E-state index contributed by atoms with van der Waals surface area (Å²) in [5.74, 6) is -1.70. The molecular formula is C9H14O4. The summed E-state index contributed by atoms with van der Waals surface area (Å²) in [7, 11) is 0. The van der Waals surface area contributed by atoms with Crippen LogP contribution in [0.2, 0.25) is 0 Å². The lowest BCUT2D eigenvalue weighted by molar-refractivity contribution is -0.137. The maximum atomic E-state index is 10.2. The van der Waals surface area contributed by atoms with Crippen LogP contribution in [0, 0.1) is 0 Å². The highest BCUT2D eigenvalue weighted by Gasteiger charge is 2.02. The maximum absolute atomic E-state index is 10.2. The van der Waals surface area contributed by atoms with Crippen molar-refractivity contribution in [1.82, 2.24) is 0 Å². The number of unbranched alkanes of at least 4 members (excludes halogenated alkanes) is 1. The molecule has 0 heterocycles. The van der Waals surface area contributed by atoms with Crippen LogP contribution in [-0.2, 0) is 9.59 Å². The molecule has 0 fully saturated rings. The van der Waals surface area contributed by atoms with Crippen molar-refractivity contribution < 1.29 is 19.8 Å². The van der Waals surface area contributed by atoms with Gasteiger partial charge in [-0.2, -0.15) is 0 Å². The number of hydrogen-bond acceptors (Lipinski definition) is 2. The van der Waals surface area contributed by atoms with E-state index >= 15 is 0 Å². The summed E-state index contributed by atoms with van der Waals surface area (Å²) in [6, 6.07) is 0. The van der Waals surface area contributed by atoms with E-state index in [0.29, 0.717) is 24.8 Å². The highest BCUT2D eigenvalue weighted by Crippen LogP contribution is 2.10. The highest BCUT2D eigenvalue weighted by atomic mass is 16.4. The molecule has 0 spiro atoms. The average molecular weight is 186 g/mol. The van der Waals surface area contributed by atoms with Crippen molar-refractivity contribution in [2.24, 2.45) is 0 Å². The molecule has 0 aromatic carbocycles. The standard InChI is InChI=1S/C9H14O4/c1-7(6-9(12)13)4-2-3-5-8(10)11/h1-6H2,(H,10,11)(H,12,13). The Morgan fingerprint density at radius 2 is 1.54 bits per heavy atom. The van der Waals surface area contributed by atoms with Crippen molar-refractivity contribution >= 4 is 11.9 Å². The van der Waals surface area contributed by atoms with E-state index in [1.165, 1.54) is 0 Å². The Morgan fingerprint density at radius 1 is 1.00 bits per heavy atom. The van der Waals surface area contributed by atoms with Crippen LogP contribution in [0.4, 0.5) is 0 Å². The molecule has 2 N–H and O–H groups in total. The van der Waals surface area contributed by atoms with Gasteiger partial charge in [0, 0.05) is 6.42 Å². The van der Waals surface area contributed by atoms with Gasteiger partial charge in [-0.15, -0.1) is 0 Å². The SMILES string of the molecule is C=C(CCCCC(=O)O)CC(=O)O. The summed E-state index contributed by atoms with van der Waals surface area (Å²) in [4.78, 5) is 20.3. The van der Waals surface area contributed by atoms with E-state index in [0.717, 1.165) is 0 Å². The van der Waals surface area contributed by atoms with Crippen molar-refractivity contribution in [3.8, 4) is 0 Å². The second kappa shape index (κ2) is 6.22. The molecule has 0 unspecified atom stereocenters. The van der Waals surface area contributed by atoms with Gasteiger partial charge in [0.25, 0.3) is 0 Å². The van der Waals surface area contributed by atoms with E-state index in [1.807, 2.05) is 0 Å². The quantitative estimate of drug-likeness (QED) is 0.468. The van der Waals surface area contributed by atoms with Crippen molar-refractivity contribution in [3.63, 3.8) is 0 Å². The molecule has 4 nitrogen and oxygen atoms in total. The lowest BCUT2D eigenvalue weighted by Gasteiger charge is -2.00. The number of hydrogen-bond donors (Lipinski definition) is 2. The lowest BCUT2D eigenvalue weighted by atomic mass is 10.1. The normalized spacial score (nSPS) is 9.54. The molecule has 0 aliphatic heterocycles. The van der Waals surface area contributed by atoms with Crippen molar-refractivity contribution in [1.29, 1.82) is 0 Å². The Kier molecular flexibility index (Phi) is 5.59. The highest BCUT2D eigenvalue weighted by molar-refractivity contribution is 5.69. The molecule has 0 saturated carbocycles. The summed E-state index contributed by atoms with van der Waals surface area (Å²) in [5.41, 5.74) is 0.651. The van der Waals surface area contributed by atoms with Gasteiger partial charge in [-0.25, -0.2) is 0 Å². The van der Waals surface area contributed by atoms with Crippen LogP contribution in [0.1, 0.15) is 32.1 Å². The first-order valence-electron chi connectivity index (χ1n) is 4.12. The van der Waals surface area contributed by atoms with Crippen LogP contribution in [0.5, 0.6) is 0 Å². The number of aliphatic carboxylic acids is 2. The number of carboxylic acid groups (broad SMARTS) is 2. The fourth-order valence-corrected chi connectivity index (χ4v) is 0.953. The molecular weight excluding hydrogens is 172 g/mol. The molecule has 0 rings (SSSR count). The molecule has 0 aliphatic rings. The second-order valence-electron chi connectivity index (χ2n) is 2.92. The minimum atomic E-state index is -0.886. The summed E-state index contributed by atoms with van der Waals surface area (Å²) in [6.45, 7) is 3.58. The monoisotopic (exact) mass is 186 g/mol. The van der Waals surface area contributed by atoms with E-state index in [9.17, 15) is 9.59 Å². The minimum absolute atomic E-state index is 0.0208. The van der Waals surface area contributed by atoms with Crippen molar-refractivity contribution in [2.75, 3.05) is 0 Å².